The number of imidazole rings is 1. The van der Waals surface area contributed by atoms with E-state index in [2.05, 4.69) is 19.9 Å². The first-order valence-corrected chi connectivity index (χ1v) is 5.60. The lowest BCUT2D eigenvalue weighted by molar-refractivity contribution is -0.129. The Hall–Kier alpha value is -2.38. The van der Waals surface area contributed by atoms with E-state index in [0.717, 1.165) is 0 Å². The number of likely N-dealkylation sites (N-methyl/N-ethyl adjacent to an activating group) is 1. The van der Waals surface area contributed by atoms with Crippen LogP contribution in [0.25, 0.3) is 11.2 Å². The van der Waals surface area contributed by atoms with Crippen LogP contribution in [0.4, 0.5) is 11.8 Å². The predicted octanol–water partition coefficient (Wildman–Crippen LogP) is -0.786. The number of nitrogens with zero attached hydrogens (tertiary/aromatic N) is 5. The van der Waals surface area contributed by atoms with E-state index in [1.54, 1.807) is 18.3 Å². The van der Waals surface area contributed by atoms with Crippen molar-refractivity contribution in [3.63, 3.8) is 0 Å². The minimum absolute atomic E-state index is 0.0612. The monoisotopic (exact) mass is 247 g/mol. The Kier molecular flexibility index (Phi) is 2.29. The smallest absolute Gasteiger partial charge is 0.241 e. The zero-order valence-electron chi connectivity index (χ0n) is 9.92. The maximum absolute atomic E-state index is 11.7. The molecule has 1 fully saturated rings. The number of nitrogen functional groups attached to an aromatic ring is 1. The lowest BCUT2D eigenvalue weighted by Gasteiger charge is -2.32. The number of rotatable bonds is 1. The van der Waals surface area contributed by atoms with Gasteiger partial charge in [-0.15, -0.1) is 0 Å². The van der Waals surface area contributed by atoms with Gasteiger partial charge in [-0.3, -0.25) is 4.79 Å². The van der Waals surface area contributed by atoms with E-state index in [4.69, 9.17) is 5.73 Å². The first-order valence-electron chi connectivity index (χ1n) is 5.60. The number of piperazine rings is 1. The van der Waals surface area contributed by atoms with Gasteiger partial charge in [-0.2, -0.15) is 9.97 Å². The minimum Gasteiger partial charge on any atom is -0.368 e. The molecule has 3 rings (SSSR count). The summed E-state index contributed by atoms with van der Waals surface area (Å²) in [7, 11) is 1.79. The highest BCUT2D eigenvalue weighted by molar-refractivity contribution is 5.88. The number of anilines is 2. The Bertz CT molecular complexity index is 607. The van der Waals surface area contributed by atoms with Crippen LogP contribution in [0, 0.1) is 0 Å². The molecule has 1 aliphatic rings. The zero-order valence-corrected chi connectivity index (χ0v) is 9.92. The van der Waals surface area contributed by atoms with E-state index in [1.807, 2.05) is 4.90 Å². The van der Waals surface area contributed by atoms with Gasteiger partial charge in [-0.25, -0.2) is 4.98 Å². The first kappa shape index (κ1) is 10.8. The van der Waals surface area contributed by atoms with Gasteiger partial charge in [0.25, 0.3) is 0 Å². The summed E-state index contributed by atoms with van der Waals surface area (Å²) < 4.78 is 0. The summed E-state index contributed by atoms with van der Waals surface area (Å²) in [4.78, 5) is 30.6. The van der Waals surface area contributed by atoms with E-state index in [1.165, 1.54) is 0 Å². The Morgan fingerprint density at radius 2 is 2.22 bits per heavy atom. The van der Waals surface area contributed by atoms with Crippen molar-refractivity contribution in [1.82, 2.24) is 24.8 Å². The quantitative estimate of drug-likeness (QED) is 0.684. The van der Waals surface area contributed by atoms with Gasteiger partial charge < -0.3 is 20.5 Å². The highest BCUT2D eigenvalue weighted by Crippen LogP contribution is 2.22. The molecule has 0 aromatic carbocycles. The van der Waals surface area contributed by atoms with Crippen LogP contribution in [0.5, 0.6) is 0 Å². The summed E-state index contributed by atoms with van der Waals surface area (Å²) in [5, 5.41) is 0. The van der Waals surface area contributed by atoms with E-state index in [0.29, 0.717) is 36.6 Å². The third-order valence-electron chi connectivity index (χ3n) is 3.04. The molecule has 0 bridgehead atoms. The summed E-state index contributed by atoms with van der Waals surface area (Å²) in [5.74, 6) is 0.860. The number of hydrogen-bond acceptors (Lipinski definition) is 6. The van der Waals surface area contributed by atoms with Crippen molar-refractivity contribution in [3.8, 4) is 0 Å². The second-order valence-corrected chi connectivity index (χ2v) is 4.24. The second-order valence-electron chi connectivity index (χ2n) is 4.24. The fourth-order valence-electron chi connectivity index (χ4n) is 2.00. The van der Waals surface area contributed by atoms with Crippen LogP contribution in [0.15, 0.2) is 6.33 Å². The van der Waals surface area contributed by atoms with Gasteiger partial charge in [-0.1, -0.05) is 0 Å². The molecule has 0 aliphatic carbocycles. The molecule has 0 radical (unpaired) electrons. The van der Waals surface area contributed by atoms with Crippen molar-refractivity contribution in [3.05, 3.63) is 6.33 Å². The van der Waals surface area contributed by atoms with Gasteiger partial charge >= 0.3 is 0 Å². The molecule has 1 saturated heterocycles. The molecule has 2 aromatic rings. The van der Waals surface area contributed by atoms with Gasteiger partial charge in [0.2, 0.25) is 11.9 Å². The number of fused-ring (bicyclic) bond motifs is 1. The van der Waals surface area contributed by atoms with Crippen molar-refractivity contribution in [1.29, 1.82) is 0 Å². The molecule has 0 unspecified atom stereocenters. The fourth-order valence-corrected chi connectivity index (χ4v) is 2.00. The third kappa shape index (κ3) is 1.62. The van der Waals surface area contributed by atoms with Gasteiger partial charge in [0.05, 0.1) is 12.9 Å². The summed E-state index contributed by atoms with van der Waals surface area (Å²) in [5.41, 5.74) is 6.88. The van der Waals surface area contributed by atoms with E-state index in [9.17, 15) is 4.79 Å². The van der Waals surface area contributed by atoms with Crippen LogP contribution in [0.2, 0.25) is 0 Å². The molecule has 3 heterocycles. The SMILES string of the molecule is CN1CCN(c2nc(N)nc3nc[nH]c23)CC1=O. The van der Waals surface area contributed by atoms with E-state index in [-0.39, 0.29) is 11.9 Å². The normalized spacial score (nSPS) is 16.6. The number of nitrogens with one attached hydrogen (secondary N) is 1. The number of H-pyrrole nitrogens is 1. The molecule has 2 aromatic heterocycles. The highest BCUT2D eigenvalue weighted by atomic mass is 16.2. The number of aromatic nitrogens is 4. The van der Waals surface area contributed by atoms with E-state index < -0.39 is 0 Å². The minimum atomic E-state index is 0.0612. The maximum Gasteiger partial charge on any atom is 0.241 e. The number of carbonyl (C=O) groups excluding carboxylic acids is 1. The lowest BCUT2D eigenvalue weighted by Crippen LogP contribution is -2.49. The molecule has 8 nitrogen and oxygen atoms in total. The first-order chi connectivity index (χ1) is 8.65. The summed E-state index contributed by atoms with van der Waals surface area (Å²) in [6.07, 6.45) is 1.54. The van der Waals surface area contributed by atoms with Crippen molar-refractivity contribution < 1.29 is 4.79 Å². The largest absolute Gasteiger partial charge is 0.368 e. The van der Waals surface area contributed by atoms with Gasteiger partial charge in [0, 0.05) is 20.1 Å². The molecule has 8 heteroatoms. The molecular formula is C10H13N7O. The van der Waals surface area contributed by atoms with Crippen LogP contribution in [0.1, 0.15) is 0 Å². The average Bonchev–Trinajstić information content (AvgIpc) is 2.79. The Labute approximate surface area is 103 Å². The summed E-state index contributed by atoms with van der Waals surface area (Å²) in [6.45, 7) is 1.67. The number of nitrogens with two attached hydrogens (primary N) is 1. The lowest BCUT2D eigenvalue weighted by atomic mass is 10.3. The highest BCUT2D eigenvalue weighted by Gasteiger charge is 2.24. The van der Waals surface area contributed by atoms with Crippen molar-refractivity contribution in [2.45, 2.75) is 0 Å². The van der Waals surface area contributed by atoms with Crippen LogP contribution < -0.4 is 10.6 Å². The number of carbonyl (C=O) groups is 1. The molecular weight excluding hydrogens is 234 g/mol. The van der Waals surface area contributed by atoms with Crippen LogP contribution in [-0.2, 0) is 4.79 Å². The molecule has 1 amide bonds. The van der Waals surface area contributed by atoms with Crippen LogP contribution in [-0.4, -0.2) is 57.4 Å². The van der Waals surface area contributed by atoms with E-state index >= 15 is 0 Å². The number of amides is 1. The molecule has 94 valence electrons. The second kappa shape index (κ2) is 3.83. The standard InChI is InChI=1S/C10H13N7O/c1-16-2-3-17(4-6(16)18)9-7-8(13-5-12-7)14-10(11)15-9/h5H,2-4H2,1H3,(H3,11,12,13,14,15). The van der Waals surface area contributed by atoms with Crippen molar-refractivity contribution in [2.75, 3.05) is 37.3 Å². The summed E-state index contributed by atoms with van der Waals surface area (Å²) in [6, 6.07) is 0. The topological polar surface area (TPSA) is 104 Å². The zero-order chi connectivity index (χ0) is 12.7. The molecule has 3 N–H and O–H groups in total. The van der Waals surface area contributed by atoms with Crippen LogP contribution >= 0.6 is 0 Å². The molecule has 1 aliphatic heterocycles. The Morgan fingerprint density at radius 1 is 1.39 bits per heavy atom. The molecule has 0 atom stereocenters. The number of hydrogen-bond donors (Lipinski definition) is 2. The molecule has 0 saturated carbocycles. The Balaban J connectivity index is 2.03. The molecule has 18 heavy (non-hydrogen) atoms. The average molecular weight is 247 g/mol. The summed E-state index contributed by atoms with van der Waals surface area (Å²) >= 11 is 0. The Morgan fingerprint density at radius 3 is 3.00 bits per heavy atom. The van der Waals surface area contributed by atoms with Gasteiger partial charge in [0.1, 0.15) is 5.52 Å². The van der Waals surface area contributed by atoms with Gasteiger partial charge in [0.15, 0.2) is 11.5 Å². The van der Waals surface area contributed by atoms with Gasteiger partial charge in [-0.05, 0) is 0 Å². The predicted molar refractivity (Wildman–Crippen MR) is 65.9 cm³/mol. The third-order valence-corrected chi connectivity index (χ3v) is 3.04. The molecule has 0 spiro atoms. The maximum atomic E-state index is 11.7. The van der Waals surface area contributed by atoms with Crippen LogP contribution in [0.3, 0.4) is 0 Å². The van der Waals surface area contributed by atoms with Crippen molar-refractivity contribution in [2.24, 2.45) is 0 Å². The van der Waals surface area contributed by atoms with Crippen molar-refractivity contribution >= 4 is 28.8 Å². The fraction of sp³-hybridized carbons (Fsp3) is 0.400. The number of aromatic amines is 1.